The second kappa shape index (κ2) is 7.10. The Morgan fingerprint density at radius 1 is 1.00 bits per heavy atom. The summed E-state index contributed by atoms with van der Waals surface area (Å²) < 4.78 is 35.7. The molecule has 0 aliphatic carbocycles. The molecule has 0 atom stereocenters. The number of alkyl halides is 3. The van der Waals surface area contributed by atoms with Crippen LogP contribution in [0.25, 0.3) is 0 Å². The van der Waals surface area contributed by atoms with Crippen molar-refractivity contribution in [3.05, 3.63) is 0 Å². The van der Waals surface area contributed by atoms with E-state index in [-0.39, 0.29) is 6.54 Å². The quantitative estimate of drug-likeness (QED) is 0.583. The summed E-state index contributed by atoms with van der Waals surface area (Å²) in [4.78, 5) is 1.86. The van der Waals surface area contributed by atoms with E-state index in [9.17, 15) is 13.2 Å². The second-order valence-electron chi connectivity index (χ2n) is 3.51. The van der Waals surface area contributed by atoms with Crippen LogP contribution in [0.15, 0.2) is 0 Å². The predicted octanol–water partition coefficient (Wildman–Crippen LogP) is 3.45. The number of hydrogen-bond acceptors (Lipinski definition) is 1. The van der Waals surface area contributed by atoms with Gasteiger partial charge in [0.2, 0.25) is 0 Å². The summed E-state index contributed by atoms with van der Waals surface area (Å²) in [6, 6.07) is 0. The van der Waals surface area contributed by atoms with Crippen molar-refractivity contribution in [1.82, 2.24) is 4.90 Å². The maximum atomic E-state index is 11.9. The van der Waals surface area contributed by atoms with Crippen LogP contribution in [0.1, 0.15) is 39.5 Å². The summed E-state index contributed by atoms with van der Waals surface area (Å²) >= 11 is 0. The molecule has 0 fully saturated rings. The van der Waals surface area contributed by atoms with Crippen molar-refractivity contribution in [2.24, 2.45) is 0 Å². The predicted molar refractivity (Wildman–Crippen MR) is 52.3 cm³/mol. The maximum Gasteiger partial charge on any atom is 0.390 e. The van der Waals surface area contributed by atoms with Gasteiger partial charge >= 0.3 is 6.18 Å². The first-order valence-electron chi connectivity index (χ1n) is 5.28. The van der Waals surface area contributed by atoms with Crippen LogP contribution in [0.3, 0.4) is 0 Å². The molecule has 0 aromatic carbocycles. The van der Waals surface area contributed by atoms with Gasteiger partial charge in [-0.3, -0.25) is 0 Å². The van der Waals surface area contributed by atoms with Crippen LogP contribution < -0.4 is 0 Å². The lowest BCUT2D eigenvalue weighted by Crippen LogP contribution is -2.29. The first-order chi connectivity index (χ1) is 6.49. The van der Waals surface area contributed by atoms with Crippen LogP contribution in [-0.2, 0) is 0 Å². The summed E-state index contributed by atoms with van der Waals surface area (Å²) in [5, 5.41) is 0. The van der Waals surface area contributed by atoms with Gasteiger partial charge in [-0.1, -0.05) is 26.7 Å². The van der Waals surface area contributed by atoms with Gasteiger partial charge in [-0.2, -0.15) is 13.2 Å². The Kier molecular flexibility index (Phi) is 6.97. The molecule has 0 heterocycles. The van der Waals surface area contributed by atoms with E-state index < -0.39 is 12.6 Å². The first kappa shape index (κ1) is 13.8. The third-order valence-electron chi connectivity index (χ3n) is 2.24. The van der Waals surface area contributed by atoms with Gasteiger partial charge in [0.05, 0.1) is 6.42 Å². The maximum absolute atomic E-state index is 11.9. The molecule has 0 unspecified atom stereocenters. The van der Waals surface area contributed by atoms with E-state index in [4.69, 9.17) is 0 Å². The molecule has 0 aromatic rings. The van der Waals surface area contributed by atoms with Crippen molar-refractivity contribution in [2.75, 3.05) is 19.6 Å². The lowest BCUT2D eigenvalue weighted by Gasteiger charge is -2.20. The number of nitrogens with zero attached hydrogens (tertiary/aromatic N) is 1. The molecule has 86 valence electrons. The van der Waals surface area contributed by atoms with E-state index >= 15 is 0 Å². The molecular weight excluding hydrogens is 191 g/mol. The molecule has 0 amide bonds. The Bertz CT molecular complexity index is 134. The molecule has 0 aliphatic heterocycles. The minimum atomic E-state index is -4.02. The van der Waals surface area contributed by atoms with E-state index in [1.807, 2.05) is 11.8 Å². The Labute approximate surface area is 84.3 Å². The van der Waals surface area contributed by atoms with Gasteiger partial charge in [-0.05, 0) is 19.5 Å². The van der Waals surface area contributed by atoms with Crippen LogP contribution in [-0.4, -0.2) is 30.7 Å². The van der Waals surface area contributed by atoms with Crippen LogP contribution in [0.4, 0.5) is 13.2 Å². The van der Waals surface area contributed by atoms with Crippen LogP contribution in [0.2, 0.25) is 0 Å². The SMILES string of the molecule is CCCCCN(CC)CCC(F)(F)F. The zero-order valence-electron chi connectivity index (χ0n) is 9.03. The smallest absolute Gasteiger partial charge is 0.303 e. The van der Waals surface area contributed by atoms with Gasteiger partial charge in [0.1, 0.15) is 0 Å². The normalized spacial score (nSPS) is 12.4. The van der Waals surface area contributed by atoms with Crippen LogP contribution in [0.5, 0.6) is 0 Å². The average molecular weight is 211 g/mol. The van der Waals surface area contributed by atoms with E-state index in [2.05, 4.69) is 6.92 Å². The van der Waals surface area contributed by atoms with Gasteiger partial charge < -0.3 is 4.90 Å². The van der Waals surface area contributed by atoms with E-state index in [1.54, 1.807) is 0 Å². The molecule has 0 saturated carbocycles. The van der Waals surface area contributed by atoms with Gasteiger partial charge in [0.25, 0.3) is 0 Å². The monoisotopic (exact) mass is 211 g/mol. The van der Waals surface area contributed by atoms with Gasteiger partial charge in [-0.15, -0.1) is 0 Å². The highest BCUT2D eigenvalue weighted by atomic mass is 19.4. The first-order valence-corrected chi connectivity index (χ1v) is 5.28. The van der Waals surface area contributed by atoms with Crippen molar-refractivity contribution in [2.45, 2.75) is 45.7 Å². The van der Waals surface area contributed by atoms with Gasteiger partial charge in [0, 0.05) is 6.54 Å². The molecule has 0 rings (SSSR count). The molecular formula is C10H20F3N. The average Bonchev–Trinajstić information content (AvgIpc) is 2.09. The molecule has 0 aliphatic rings. The Morgan fingerprint density at radius 3 is 2.07 bits per heavy atom. The topological polar surface area (TPSA) is 3.24 Å². The van der Waals surface area contributed by atoms with Gasteiger partial charge in [-0.25, -0.2) is 0 Å². The zero-order chi connectivity index (χ0) is 11.0. The summed E-state index contributed by atoms with van der Waals surface area (Å²) in [6.45, 7) is 5.64. The number of rotatable bonds is 7. The van der Waals surface area contributed by atoms with Crippen molar-refractivity contribution in [3.8, 4) is 0 Å². The number of unbranched alkanes of at least 4 members (excludes halogenated alkanes) is 2. The van der Waals surface area contributed by atoms with E-state index in [0.29, 0.717) is 6.54 Å². The van der Waals surface area contributed by atoms with Crippen molar-refractivity contribution in [3.63, 3.8) is 0 Å². The van der Waals surface area contributed by atoms with E-state index in [1.165, 1.54) is 0 Å². The fourth-order valence-corrected chi connectivity index (χ4v) is 1.30. The third-order valence-corrected chi connectivity index (χ3v) is 2.24. The molecule has 0 spiro atoms. The van der Waals surface area contributed by atoms with Crippen molar-refractivity contribution < 1.29 is 13.2 Å². The Balaban J connectivity index is 3.58. The van der Waals surface area contributed by atoms with Crippen molar-refractivity contribution >= 4 is 0 Å². The van der Waals surface area contributed by atoms with Gasteiger partial charge in [0.15, 0.2) is 0 Å². The molecule has 0 aromatic heterocycles. The highest BCUT2D eigenvalue weighted by Gasteiger charge is 2.27. The lowest BCUT2D eigenvalue weighted by atomic mass is 10.2. The molecule has 14 heavy (non-hydrogen) atoms. The molecule has 4 heteroatoms. The molecule has 0 radical (unpaired) electrons. The Morgan fingerprint density at radius 2 is 1.64 bits per heavy atom. The fraction of sp³-hybridized carbons (Fsp3) is 1.00. The lowest BCUT2D eigenvalue weighted by molar-refractivity contribution is -0.137. The highest BCUT2D eigenvalue weighted by molar-refractivity contribution is 4.59. The second-order valence-corrected chi connectivity index (χ2v) is 3.51. The summed E-state index contributed by atoms with van der Waals surface area (Å²) in [6.07, 6.45) is -1.49. The number of halogens is 3. The standard InChI is InChI=1S/C10H20F3N/c1-3-5-6-8-14(4-2)9-7-10(11,12)13/h3-9H2,1-2H3. The zero-order valence-corrected chi connectivity index (χ0v) is 9.03. The molecule has 0 saturated heterocycles. The fourth-order valence-electron chi connectivity index (χ4n) is 1.30. The van der Waals surface area contributed by atoms with Crippen molar-refractivity contribution in [1.29, 1.82) is 0 Å². The number of hydrogen-bond donors (Lipinski definition) is 0. The highest BCUT2D eigenvalue weighted by Crippen LogP contribution is 2.19. The van der Waals surface area contributed by atoms with Crippen LogP contribution in [0, 0.1) is 0 Å². The summed E-state index contributed by atoms with van der Waals surface area (Å²) in [5.41, 5.74) is 0. The third kappa shape index (κ3) is 8.35. The minimum absolute atomic E-state index is 0.143. The summed E-state index contributed by atoms with van der Waals surface area (Å²) in [7, 11) is 0. The minimum Gasteiger partial charge on any atom is -0.303 e. The largest absolute Gasteiger partial charge is 0.390 e. The molecule has 0 N–H and O–H groups in total. The molecule has 0 bridgehead atoms. The Hall–Kier alpha value is -0.250. The molecule has 1 nitrogen and oxygen atoms in total. The summed E-state index contributed by atoms with van der Waals surface area (Å²) in [5.74, 6) is 0. The van der Waals surface area contributed by atoms with Crippen LogP contribution >= 0.6 is 0 Å². The van der Waals surface area contributed by atoms with E-state index in [0.717, 1.165) is 25.8 Å².